The van der Waals surface area contributed by atoms with E-state index in [-0.39, 0.29) is 5.91 Å². The van der Waals surface area contributed by atoms with Gasteiger partial charge in [0, 0.05) is 12.5 Å². The van der Waals surface area contributed by atoms with E-state index in [0.29, 0.717) is 17.9 Å². The number of nitrogens with one attached hydrogen (secondary N) is 1. The summed E-state index contributed by atoms with van der Waals surface area (Å²) in [6, 6.07) is 0.510. The smallest absolute Gasteiger partial charge is 0.220 e. The lowest BCUT2D eigenvalue weighted by Crippen LogP contribution is -2.37. The van der Waals surface area contributed by atoms with E-state index in [2.05, 4.69) is 12.2 Å². The molecule has 0 bridgehead atoms. The van der Waals surface area contributed by atoms with Crippen LogP contribution in [0.4, 0.5) is 0 Å². The molecule has 62 valence electrons. The minimum absolute atomic E-state index is 0.272. The quantitative estimate of drug-likeness (QED) is 0.558. The standard InChI is InChI=1S/C9H15NO/c1-6-3-2-4-7-5-8(11)10-9(6)7/h6-7,9H,2-5H2,1H3,(H,10,11)/t6-,7-,9-/m0/s1. The third kappa shape index (κ3) is 1.15. The monoisotopic (exact) mass is 153 g/mol. The van der Waals surface area contributed by atoms with Crippen LogP contribution in [0.5, 0.6) is 0 Å². The predicted molar refractivity (Wildman–Crippen MR) is 43.1 cm³/mol. The molecule has 1 aliphatic carbocycles. The van der Waals surface area contributed by atoms with Crippen LogP contribution in [0.15, 0.2) is 0 Å². The van der Waals surface area contributed by atoms with Crippen LogP contribution in [0.2, 0.25) is 0 Å². The molecule has 2 rings (SSSR count). The molecule has 2 fully saturated rings. The molecule has 0 aromatic heterocycles. The maximum absolute atomic E-state index is 11.0. The second kappa shape index (κ2) is 2.50. The summed E-state index contributed by atoms with van der Waals surface area (Å²) in [7, 11) is 0. The van der Waals surface area contributed by atoms with Gasteiger partial charge >= 0.3 is 0 Å². The summed E-state index contributed by atoms with van der Waals surface area (Å²) in [5.41, 5.74) is 0. The average Bonchev–Trinajstić information content (AvgIpc) is 2.31. The molecule has 3 atom stereocenters. The lowest BCUT2D eigenvalue weighted by Gasteiger charge is -2.30. The van der Waals surface area contributed by atoms with Crippen LogP contribution in [-0.4, -0.2) is 11.9 Å². The van der Waals surface area contributed by atoms with Gasteiger partial charge in [-0.15, -0.1) is 0 Å². The first kappa shape index (κ1) is 7.14. The Morgan fingerprint density at radius 3 is 3.00 bits per heavy atom. The van der Waals surface area contributed by atoms with Crippen LogP contribution in [0.25, 0.3) is 0 Å². The maximum atomic E-state index is 11.0. The molecule has 2 nitrogen and oxygen atoms in total. The van der Waals surface area contributed by atoms with Gasteiger partial charge in [-0.3, -0.25) is 4.79 Å². The summed E-state index contributed by atoms with van der Waals surface area (Å²) < 4.78 is 0. The SMILES string of the molecule is C[C@H]1CCC[C@H]2CC(=O)N[C@H]21. The van der Waals surface area contributed by atoms with Crippen molar-refractivity contribution in [3.63, 3.8) is 0 Å². The number of hydrogen-bond acceptors (Lipinski definition) is 1. The molecule has 1 amide bonds. The first-order chi connectivity index (χ1) is 5.27. The Morgan fingerprint density at radius 1 is 1.45 bits per heavy atom. The van der Waals surface area contributed by atoms with Crippen molar-refractivity contribution in [2.45, 2.75) is 38.6 Å². The first-order valence-electron chi connectivity index (χ1n) is 4.57. The summed E-state index contributed by atoms with van der Waals surface area (Å²) >= 11 is 0. The average molecular weight is 153 g/mol. The summed E-state index contributed by atoms with van der Waals surface area (Å²) in [5, 5.41) is 3.07. The molecule has 0 spiro atoms. The van der Waals surface area contributed by atoms with Crippen molar-refractivity contribution < 1.29 is 4.79 Å². The topological polar surface area (TPSA) is 29.1 Å². The molecule has 1 N–H and O–H groups in total. The second-order valence-corrected chi connectivity index (χ2v) is 3.97. The molecular formula is C9H15NO. The molecule has 0 aromatic carbocycles. The van der Waals surface area contributed by atoms with Crippen molar-refractivity contribution in [2.24, 2.45) is 11.8 Å². The molecular weight excluding hydrogens is 138 g/mol. The van der Waals surface area contributed by atoms with Crippen LogP contribution in [0.3, 0.4) is 0 Å². The Labute approximate surface area is 67.4 Å². The van der Waals surface area contributed by atoms with Crippen molar-refractivity contribution in [3.8, 4) is 0 Å². The third-order valence-corrected chi connectivity index (χ3v) is 3.13. The zero-order valence-electron chi connectivity index (χ0n) is 6.97. The van der Waals surface area contributed by atoms with E-state index in [0.717, 1.165) is 6.42 Å². The van der Waals surface area contributed by atoms with Crippen molar-refractivity contribution in [3.05, 3.63) is 0 Å². The van der Waals surface area contributed by atoms with E-state index >= 15 is 0 Å². The Balaban J connectivity index is 2.09. The van der Waals surface area contributed by atoms with E-state index in [1.54, 1.807) is 0 Å². The Kier molecular flexibility index (Phi) is 1.63. The Morgan fingerprint density at radius 2 is 2.27 bits per heavy atom. The van der Waals surface area contributed by atoms with Crippen LogP contribution >= 0.6 is 0 Å². The largest absolute Gasteiger partial charge is 0.353 e. The fraction of sp³-hybridized carbons (Fsp3) is 0.889. The predicted octanol–water partition coefficient (Wildman–Crippen LogP) is 1.31. The zero-order chi connectivity index (χ0) is 7.84. The summed E-state index contributed by atoms with van der Waals surface area (Å²) in [6.45, 7) is 2.25. The van der Waals surface area contributed by atoms with Gasteiger partial charge in [-0.2, -0.15) is 0 Å². The number of carbonyl (C=O) groups excluding carboxylic acids is 1. The van der Waals surface area contributed by atoms with E-state index in [9.17, 15) is 4.79 Å². The molecule has 0 aromatic rings. The zero-order valence-corrected chi connectivity index (χ0v) is 6.97. The van der Waals surface area contributed by atoms with Crippen molar-refractivity contribution >= 4 is 5.91 Å². The second-order valence-electron chi connectivity index (χ2n) is 3.97. The lowest BCUT2D eigenvalue weighted by molar-refractivity contribution is -0.119. The highest BCUT2D eigenvalue weighted by Gasteiger charge is 2.37. The number of fused-ring (bicyclic) bond motifs is 1. The Bertz CT molecular complexity index is 178. The highest BCUT2D eigenvalue weighted by Crippen LogP contribution is 2.34. The van der Waals surface area contributed by atoms with Crippen molar-refractivity contribution in [2.75, 3.05) is 0 Å². The van der Waals surface area contributed by atoms with E-state index in [4.69, 9.17) is 0 Å². The third-order valence-electron chi connectivity index (χ3n) is 3.13. The lowest BCUT2D eigenvalue weighted by atomic mass is 9.79. The summed E-state index contributed by atoms with van der Waals surface area (Å²) in [5.74, 6) is 1.64. The number of rotatable bonds is 0. The van der Waals surface area contributed by atoms with Gasteiger partial charge in [-0.25, -0.2) is 0 Å². The highest BCUT2D eigenvalue weighted by atomic mass is 16.2. The van der Waals surface area contributed by atoms with Crippen LogP contribution in [0.1, 0.15) is 32.6 Å². The molecule has 2 aliphatic rings. The minimum atomic E-state index is 0.272. The molecule has 1 saturated carbocycles. The van der Waals surface area contributed by atoms with Crippen molar-refractivity contribution in [1.29, 1.82) is 0 Å². The number of amides is 1. The fourth-order valence-corrected chi connectivity index (χ4v) is 2.50. The van der Waals surface area contributed by atoms with Crippen molar-refractivity contribution in [1.82, 2.24) is 5.32 Å². The van der Waals surface area contributed by atoms with E-state index in [1.165, 1.54) is 19.3 Å². The van der Waals surface area contributed by atoms with Crippen LogP contribution in [-0.2, 0) is 4.79 Å². The van der Waals surface area contributed by atoms with E-state index < -0.39 is 0 Å². The van der Waals surface area contributed by atoms with Gasteiger partial charge in [-0.05, 0) is 24.7 Å². The first-order valence-corrected chi connectivity index (χ1v) is 4.57. The van der Waals surface area contributed by atoms with Gasteiger partial charge in [0.15, 0.2) is 0 Å². The van der Waals surface area contributed by atoms with Gasteiger partial charge < -0.3 is 5.32 Å². The number of hydrogen-bond donors (Lipinski definition) is 1. The number of carbonyl (C=O) groups is 1. The molecule has 2 heteroatoms. The molecule has 1 aliphatic heterocycles. The van der Waals surface area contributed by atoms with Crippen LogP contribution in [0, 0.1) is 11.8 Å². The molecule has 0 unspecified atom stereocenters. The van der Waals surface area contributed by atoms with Gasteiger partial charge in [0.2, 0.25) is 5.91 Å². The van der Waals surface area contributed by atoms with Crippen LogP contribution < -0.4 is 5.32 Å². The van der Waals surface area contributed by atoms with Gasteiger partial charge in [0.25, 0.3) is 0 Å². The fourth-order valence-electron chi connectivity index (χ4n) is 2.50. The van der Waals surface area contributed by atoms with Gasteiger partial charge in [0.1, 0.15) is 0 Å². The summed E-state index contributed by atoms with van der Waals surface area (Å²) in [4.78, 5) is 11.0. The summed E-state index contributed by atoms with van der Waals surface area (Å²) in [6.07, 6.45) is 4.65. The normalized spacial score (nSPS) is 43.4. The van der Waals surface area contributed by atoms with Gasteiger partial charge in [0.05, 0.1) is 0 Å². The molecule has 11 heavy (non-hydrogen) atoms. The molecule has 0 radical (unpaired) electrons. The maximum Gasteiger partial charge on any atom is 0.220 e. The highest BCUT2D eigenvalue weighted by molar-refractivity contribution is 5.79. The Hall–Kier alpha value is -0.530. The van der Waals surface area contributed by atoms with E-state index in [1.807, 2.05) is 0 Å². The molecule has 1 saturated heterocycles. The minimum Gasteiger partial charge on any atom is -0.353 e. The van der Waals surface area contributed by atoms with Gasteiger partial charge in [-0.1, -0.05) is 13.3 Å². The molecule has 1 heterocycles.